The Morgan fingerprint density at radius 3 is 2.38 bits per heavy atom. The fourth-order valence-corrected chi connectivity index (χ4v) is 0.239. The molecule has 0 aliphatic carbocycles. The molecule has 0 spiro atoms. The van der Waals surface area contributed by atoms with Crippen molar-refractivity contribution in [3.63, 3.8) is 0 Å². The van der Waals surface area contributed by atoms with Gasteiger partial charge in [-0.1, -0.05) is 18.8 Å². The van der Waals surface area contributed by atoms with Gasteiger partial charge in [0.2, 0.25) is 0 Å². The van der Waals surface area contributed by atoms with Gasteiger partial charge in [0.05, 0.1) is 0 Å². The topological polar surface area (TPSA) is 0 Å². The Labute approximate surface area is 51.3 Å². The zero-order valence-electron chi connectivity index (χ0n) is 5.12. The molecule has 1 radical (unpaired) electrons. The summed E-state index contributed by atoms with van der Waals surface area (Å²) in [5.74, 6) is 10.9. The van der Waals surface area contributed by atoms with Crippen LogP contribution in [0.5, 0.6) is 0 Å². The van der Waals surface area contributed by atoms with E-state index in [1.54, 1.807) is 0 Å². The lowest BCUT2D eigenvalue weighted by Crippen LogP contribution is -1.54. The van der Waals surface area contributed by atoms with E-state index in [9.17, 15) is 0 Å². The van der Waals surface area contributed by atoms with Gasteiger partial charge in [0.1, 0.15) is 0 Å². The molecule has 0 aromatic heterocycles. The molecular formula is C8H9. The Bertz CT molecular complexity index is 124. The Kier molecular flexibility index (Phi) is 5.45. The van der Waals surface area contributed by atoms with Gasteiger partial charge in [-0.3, -0.25) is 0 Å². The third kappa shape index (κ3) is 5.12. The van der Waals surface area contributed by atoms with Crippen molar-refractivity contribution in [2.75, 3.05) is 0 Å². The molecule has 0 heteroatoms. The van der Waals surface area contributed by atoms with E-state index in [0.717, 1.165) is 6.42 Å². The molecule has 0 fully saturated rings. The number of rotatable bonds is 0. The van der Waals surface area contributed by atoms with E-state index >= 15 is 0 Å². The highest BCUT2D eigenvalue weighted by molar-refractivity contribution is 5.25. The first-order valence-electron chi connectivity index (χ1n) is 2.66. The normalized spacial score (nSPS) is 5.75. The predicted molar refractivity (Wildman–Crippen MR) is 35.8 cm³/mol. The smallest absolute Gasteiger partial charge is 0.00992 e. The summed E-state index contributed by atoms with van der Waals surface area (Å²) in [6.45, 7) is 5.54. The molecule has 0 saturated heterocycles. The molecular weight excluding hydrogens is 96.1 g/mol. The van der Waals surface area contributed by atoms with Crippen molar-refractivity contribution in [1.82, 2.24) is 0 Å². The van der Waals surface area contributed by atoms with E-state index in [1.165, 1.54) is 0 Å². The van der Waals surface area contributed by atoms with E-state index in [2.05, 4.69) is 30.6 Å². The molecule has 0 amide bonds. The van der Waals surface area contributed by atoms with Crippen LogP contribution < -0.4 is 0 Å². The summed E-state index contributed by atoms with van der Waals surface area (Å²) in [7, 11) is 0. The summed E-state index contributed by atoms with van der Waals surface area (Å²) in [5, 5.41) is 0. The van der Waals surface area contributed by atoms with Gasteiger partial charge in [-0.2, -0.15) is 0 Å². The van der Waals surface area contributed by atoms with Gasteiger partial charge in [0.15, 0.2) is 0 Å². The maximum absolute atomic E-state index is 3.54. The van der Waals surface area contributed by atoms with Crippen LogP contribution in [-0.4, -0.2) is 0 Å². The molecule has 0 rings (SSSR count). The van der Waals surface area contributed by atoms with E-state index in [4.69, 9.17) is 0 Å². The highest BCUT2D eigenvalue weighted by Gasteiger charge is 1.57. The maximum Gasteiger partial charge on any atom is 0.00992 e. The van der Waals surface area contributed by atoms with E-state index < -0.39 is 0 Å². The molecule has 41 valence electrons. The third-order valence-electron chi connectivity index (χ3n) is 0.541. The third-order valence-corrected chi connectivity index (χ3v) is 0.541. The molecule has 8 heavy (non-hydrogen) atoms. The predicted octanol–water partition coefficient (Wildman–Crippen LogP) is 1.63. The summed E-state index contributed by atoms with van der Waals surface area (Å²) < 4.78 is 0. The molecule has 0 bridgehead atoms. The van der Waals surface area contributed by atoms with Crippen molar-refractivity contribution in [2.24, 2.45) is 0 Å². The fraction of sp³-hybridized carbons (Fsp3) is 0.375. The second-order valence-corrected chi connectivity index (χ2v) is 1.21. The van der Waals surface area contributed by atoms with Crippen LogP contribution in [0.2, 0.25) is 0 Å². The SMILES string of the molecule is [CH2]CC#CC#CCC. The van der Waals surface area contributed by atoms with Gasteiger partial charge in [-0.05, 0) is 18.8 Å². The summed E-state index contributed by atoms with van der Waals surface area (Å²) in [4.78, 5) is 0. The Morgan fingerprint density at radius 1 is 1.25 bits per heavy atom. The quantitative estimate of drug-likeness (QED) is 0.411. The molecule has 0 heterocycles. The minimum Gasteiger partial charge on any atom is -0.0894 e. The fourth-order valence-electron chi connectivity index (χ4n) is 0.239. The lowest BCUT2D eigenvalue weighted by Gasteiger charge is -1.63. The average Bonchev–Trinajstić information content (AvgIpc) is 1.81. The zero-order valence-corrected chi connectivity index (χ0v) is 5.12. The molecule has 0 nitrogen and oxygen atoms in total. The van der Waals surface area contributed by atoms with Gasteiger partial charge < -0.3 is 0 Å². The second kappa shape index (κ2) is 6.12. The van der Waals surface area contributed by atoms with Crippen LogP contribution >= 0.6 is 0 Å². The van der Waals surface area contributed by atoms with Crippen LogP contribution in [0.15, 0.2) is 0 Å². The largest absolute Gasteiger partial charge is 0.0894 e. The number of hydrogen-bond acceptors (Lipinski definition) is 0. The molecule has 0 aliphatic heterocycles. The van der Waals surface area contributed by atoms with Crippen LogP contribution in [0, 0.1) is 30.6 Å². The van der Waals surface area contributed by atoms with Crippen LogP contribution in [0.1, 0.15) is 19.8 Å². The summed E-state index contributed by atoms with van der Waals surface area (Å²) in [5.41, 5.74) is 0. The molecule has 0 N–H and O–H groups in total. The lowest BCUT2D eigenvalue weighted by atomic mass is 10.4. The van der Waals surface area contributed by atoms with Crippen molar-refractivity contribution in [3.05, 3.63) is 6.92 Å². The second-order valence-electron chi connectivity index (χ2n) is 1.21. The first-order chi connectivity index (χ1) is 3.91. The molecule has 0 atom stereocenters. The van der Waals surface area contributed by atoms with E-state index in [-0.39, 0.29) is 0 Å². The minimum atomic E-state index is 0.651. The molecule has 0 unspecified atom stereocenters. The highest BCUT2D eigenvalue weighted by atomic mass is 13.6. The van der Waals surface area contributed by atoms with Gasteiger partial charge in [0, 0.05) is 12.8 Å². The maximum atomic E-state index is 3.54. The highest BCUT2D eigenvalue weighted by Crippen LogP contribution is 1.66. The lowest BCUT2D eigenvalue weighted by molar-refractivity contribution is 1.28. The van der Waals surface area contributed by atoms with Crippen molar-refractivity contribution in [1.29, 1.82) is 0 Å². The van der Waals surface area contributed by atoms with Gasteiger partial charge in [-0.25, -0.2) is 0 Å². The van der Waals surface area contributed by atoms with Gasteiger partial charge in [0.25, 0.3) is 0 Å². The van der Waals surface area contributed by atoms with Crippen LogP contribution in [-0.2, 0) is 0 Å². The Balaban J connectivity index is 3.40. The Morgan fingerprint density at radius 2 is 1.88 bits per heavy atom. The summed E-state index contributed by atoms with van der Waals surface area (Å²) >= 11 is 0. The zero-order chi connectivity index (χ0) is 6.24. The molecule has 0 aromatic carbocycles. The van der Waals surface area contributed by atoms with Gasteiger partial charge >= 0.3 is 0 Å². The first-order valence-corrected chi connectivity index (χ1v) is 2.66. The van der Waals surface area contributed by atoms with Crippen LogP contribution in [0.4, 0.5) is 0 Å². The van der Waals surface area contributed by atoms with Gasteiger partial charge in [-0.15, -0.1) is 0 Å². The van der Waals surface area contributed by atoms with Crippen molar-refractivity contribution < 1.29 is 0 Å². The monoisotopic (exact) mass is 105 g/mol. The first kappa shape index (κ1) is 7.12. The number of hydrogen-bond donors (Lipinski definition) is 0. The van der Waals surface area contributed by atoms with Crippen molar-refractivity contribution >= 4 is 0 Å². The molecule has 0 aliphatic rings. The standard InChI is InChI=1S/C8H9/c1-3-5-7-8-6-4-2/h1,3-4H2,2H3. The minimum absolute atomic E-state index is 0.651. The Hall–Kier alpha value is -0.880. The summed E-state index contributed by atoms with van der Waals surface area (Å²) in [6.07, 6.45) is 1.53. The average molecular weight is 105 g/mol. The molecule has 0 saturated carbocycles. The van der Waals surface area contributed by atoms with Crippen molar-refractivity contribution in [3.8, 4) is 23.7 Å². The van der Waals surface area contributed by atoms with Crippen LogP contribution in [0.3, 0.4) is 0 Å². The van der Waals surface area contributed by atoms with E-state index in [0.29, 0.717) is 6.42 Å². The van der Waals surface area contributed by atoms with E-state index in [1.807, 2.05) is 6.92 Å². The van der Waals surface area contributed by atoms with Crippen molar-refractivity contribution in [2.45, 2.75) is 19.8 Å². The summed E-state index contributed by atoms with van der Waals surface area (Å²) in [6, 6.07) is 0. The molecule has 0 aromatic rings. The van der Waals surface area contributed by atoms with Crippen LogP contribution in [0.25, 0.3) is 0 Å².